The van der Waals surface area contributed by atoms with Gasteiger partial charge in [-0.25, -0.2) is 4.98 Å². The van der Waals surface area contributed by atoms with E-state index >= 15 is 0 Å². The number of anilines is 1. The summed E-state index contributed by atoms with van der Waals surface area (Å²) in [4.78, 5) is 29.4. The number of nitrogens with zero attached hydrogens (tertiary/aromatic N) is 4. The standard InChI is InChI=1S/C13H14F3N5O2S/c1-2-7-5-9(22)21-12(17-7)24-11(19-21)18-8-3-4-20(10(8)23)6-13(14,15)16/h5,8H,2-4,6H2,1H3,(H,18,19). The minimum Gasteiger partial charge on any atom is -0.348 e. The van der Waals surface area contributed by atoms with Crippen molar-refractivity contribution < 1.29 is 18.0 Å². The van der Waals surface area contributed by atoms with E-state index in [1.807, 2.05) is 6.92 Å². The second-order valence-electron chi connectivity index (χ2n) is 5.40. The monoisotopic (exact) mass is 361 g/mol. The molecule has 0 bridgehead atoms. The van der Waals surface area contributed by atoms with Crippen molar-refractivity contribution in [1.29, 1.82) is 0 Å². The first-order chi connectivity index (χ1) is 11.3. The first-order valence-corrected chi connectivity index (χ1v) is 8.10. The molecule has 130 valence electrons. The molecule has 0 spiro atoms. The molecule has 3 heterocycles. The number of carbonyl (C=O) groups is 1. The molecule has 1 fully saturated rings. The number of rotatable bonds is 4. The topological polar surface area (TPSA) is 79.6 Å². The molecule has 1 aliphatic rings. The van der Waals surface area contributed by atoms with Crippen molar-refractivity contribution in [2.24, 2.45) is 0 Å². The molecule has 7 nitrogen and oxygen atoms in total. The Morgan fingerprint density at radius 2 is 2.17 bits per heavy atom. The molecule has 2 aromatic rings. The van der Waals surface area contributed by atoms with Gasteiger partial charge >= 0.3 is 6.18 Å². The van der Waals surface area contributed by atoms with E-state index in [0.717, 1.165) is 20.8 Å². The molecule has 0 radical (unpaired) electrons. The molecule has 1 N–H and O–H groups in total. The SMILES string of the molecule is CCc1cc(=O)n2nc(NC3CCN(CC(F)(F)F)C3=O)sc2n1. The quantitative estimate of drug-likeness (QED) is 0.888. The summed E-state index contributed by atoms with van der Waals surface area (Å²) in [5, 5.41) is 7.13. The molecule has 11 heteroatoms. The maximum Gasteiger partial charge on any atom is 0.406 e. The number of amides is 1. The molecule has 1 aliphatic heterocycles. The normalized spacial score (nSPS) is 18.6. The number of halogens is 3. The van der Waals surface area contributed by atoms with Crippen molar-refractivity contribution in [3.05, 3.63) is 22.1 Å². The van der Waals surface area contributed by atoms with Crippen molar-refractivity contribution in [3.8, 4) is 0 Å². The van der Waals surface area contributed by atoms with E-state index in [4.69, 9.17) is 0 Å². The Labute approximate surface area is 138 Å². The van der Waals surface area contributed by atoms with Crippen LogP contribution in [0.4, 0.5) is 18.3 Å². The van der Waals surface area contributed by atoms with Gasteiger partial charge in [-0.3, -0.25) is 9.59 Å². The Hall–Kier alpha value is -2.17. The minimum atomic E-state index is -4.42. The van der Waals surface area contributed by atoms with E-state index in [1.165, 1.54) is 6.07 Å². The summed E-state index contributed by atoms with van der Waals surface area (Å²) in [6, 6.07) is 0.594. The number of aryl methyl sites for hydroxylation is 1. The van der Waals surface area contributed by atoms with Crippen molar-refractivity contribution in [2.45, 2.75) is 32.0 Å². The largest absolute Gasteiger partial charge is 0.406 e. The summed E-state index contributed by atoms with van der Waals surface area (Å²) in [6.07, 6.45) is -3.58. The van der Waals surface area contributed by atoms with Crippen LogP contribution in [-0.2, 0) is 11.2 Å². The summed E-state index contributed by atoms with van der Waals surface area (Å²) >= 11 is 1.08. The van der Waals surface area contributed by atoms with Crippen molar-refractivity contribution >= 4 is 27.3 Å². The smallest absolute Gasteiger partial charge is 0.348 e. The van der Waals surface area contributed by atoms with E-state index in [2.05, 4.69) is 15.4 Å². The lowest BCUT2D eigenvalue weighted by atomic mass is 10.2. The zero-order valence-electron chi connectivity index (χ0n) is 12.6. The number of fused-ring (bicyclic) bond motifs is 1. The van der Waals surface area contributed by atoms with Gasteiger partial charge in [0.15, 0.2) is 0 Å². The molecule has 3 rings (SSSR count). The summed E-state index contributed by atoms with van der Waals surface area (Å²) in [6.45, 7) is 0.634. The van der Waals surface area contributed by atoms with Gasteiger partial charge in [0.1, 0.15) is 12.6 Å². The number of nitrogens with one attached hydrogen (secondary N) is 1. The third kappa shape index (κ3) is 3.35. The highest BCUT2D eigenvalue weighted by atomic mass is 32.1. The van der Waals surface area contributed by atoms with Gasteiger partial charge in [-0.2, -0.15) is 17.7 Å². The predicted molar refractivity (Wildman–Crippen MR) is 81.2 cm³/mol. The van der Waals surface area contributed by atoms with Crippen LogP contribution in [0, 0.1) is 0 Å². The van der Waals surface area contributed by atoms with Gasteiger partial charge in [-0.1, -0.05) is 18.3 Å². The number of hydrogen-bond donors (Lipinski definition) is 1. The lowest BCUT2D eigenvalue weighted by Crippen LogP contribution is -2.39. The highest BCUT2D eigenvalue weighted by Gasteiger charge is 2.39. The molecular formula is C13H14F3N5O2S. The van der Waals surface area contributed by atoms with Gasteiger partial charge in [0, 0.05) is 18.3 Å². The van der Waals surface area contributed by atoms with Crippen LogP contribution in [0.15, 0.2) is 10.9 Å². The summed E-state index contributed by atoms with van der Waals surface area (Å²) in [5.74, 6) is -0.624. The van der Waals surface area contributed by atoms with Gasteiger partial charge in [0.25, 0.3) is 5.56 Å². The number of alkyl halides is 3. The zero-order valence-corrected chi connectivity index (χ0v) is 13.4. The maximum absolute atomic E-state index is 12.4. The minimum absolute atomic E-state index is 0.0269. The van der Waals surface area contributed by atoms with Crippen LogP contribution in [-0.4, -0.2) is 50.7 Å². The average Bonchev–Trinajstić information content (AvgIpc) is 3.04. The van der Waals surface area contributed by atoms with Crippen LogP contribution in [0.3, 0.4) is 0 Å². The Morgan fingerprint density at radius 3 is 2.83 bits per heavy atom. The Balaban J connectivity index is 1.77. The molecule has 1 unspecified atom stereocenters. The molecule has 0 aromatic carbocycles. The second kappa shape index (κ2) is 6.04. The van der Waals surface area contributed by atoms with Gasteiger partial charge in [-0.05, 0) is 12.8 Å². The van der Waals surface area contributed by atoms with E-state index < -0.39 is 24.7 Å². The molecule has 24 heavy (non-hydrogen) atoms. The van der Waals surface area contributed by atoms with Crippen molar-refractivity contribution in [2.75, 3.05) is 18.4 Å². The Kier molecular flexibility index (Phi) is 4.20. The van der Waals surface area contributed by atoms with Gasteiger partial charge in [0.2, 0.25) is 16.0 Å². The van der Waals surface area contributed by atoms with Crippen LogP contribution in [0.5, 0.6) is 0 Å². The predicted octanol–water partition coefficient (Wildman–Crippen LogP) is 1.29. The molecule has 0 aliphatic carbocycles. The average molecular weight is 361 g/mol. The molecule has 0 saturated carbocycles. The molecule has 2 aromatic heterocycles. The molecule has 1 atom stereocenters. The first-order valence-electron chi connectivity index (χ1n) is 7.28. The molecule has 1 amide bonds. The number of likely N-dealkylation sites (tertiary alicyclic amines) is 1. The summed E-state index contributed by atoms with van der Waals surface area (Å²) in [5.41, 5.74) is 0.293. The van der Waals surface area contributed by atoms with Crippen LogP contribution >= 0.6 is 11.3 Å². The van der Waals surface area contributed by atoms with Crippen LogP contribution in [0.1, 0.15) is 19.0 Å². The lowest BCUT2D eigenvalue weighted by Gasteiger charge is -2.18. The molecular weight excluding hydrogens is 347 g/mol. The first kappa shape index (κ1) is 16.7. The van der Waals surface area contributed by atoms with E-state index in [-0.39, 0.29) is 23.7 Å². The fraction of sp³-hybridized carbons (Fsp3) is 0.538. The summed E-state index contributed by atoms with van der Waals surface area (Å²) in [7, 11) is 0. The third-order valence-corrected chi connectivity index (χ3v) is 4.47. The fourth-order valence-electron chi connectivity index (χ4n) is 2.49. The van der Waals surface area contributed by atoms with Crippen molar-refractivity contribution in [1.82, 2.24) is 19.5 Å². The van der Waals surface area contributed by atoms with Gasteiger partial charge in [-0.15, -0.1) is 5.10 Å². The van der Waals surface area contributed by atoms with E-state index in [1.54, 1.807) is 0 Å². The van der Waals surface area contributed by atoms with E-state index in [0.29, 0.717) is 17.1 Å². The second-order valence-corrected chi connectivity index (χ2v) is 6.36. The Morgan fingerprint density at radius 1 is 1.42 bits per heavy atom. The van der Waals surface area contributed by atoms with Gasteiger partial charge in [0.05, 0.1) is 0 Å². The number of carbonyl (C=O) groups excluding carboxylic acids is 1. The maximum atomic E-state index is 12.4. The van der Waals surface area contributed by atoms with Gasteiger partial charge < -0.3 is 10.2 Å². The molecule has 1 saturated heterocycles. The highest BCUT2D eigenvalue weighted by molar-refractivity contribution is 7.20. The number of aromatic nitrogens is 3. The highest BCUT2D eigenvalue weighted by Crippen LogP contribution is 2.24. The van der Waals surface area contributed by atoms with E-state index in [9.17, 15) is 22.8 Å². The van der Waals surface area contributed by atoms with Crippen molar-refractivity contribution in [3.63, 3.8) is 0 Å². The van der Waals surface area contributed by atoms with Crippen LogP contribution in [0.25, 0.3) is 4.96 Å². The zero-order chi connectivity index (χ0) is 17.5. The summed E-state index contributed by atoms with van der Waals surface area (Å²) < 4.78 is 38.4. The Bertz CT molecular complexity index is 831. The van der Waals surface area contributed by atoms with Crippen LogP contribution in [0.2, 0.25) is 0 Å². The third-order valence-electron chi connectivity index (χ3n) is 3.63. The van der Waals surface area contributed by atoms with Crippen LogP contribution < -0.4 is 10.9 Å². The fourth-order valence-corrected chi connectivity index (χ4v) is 3.37. The number of hydrogen-bond acceptors (Lipinski definition) is 6. The lowest BCUT2D eigenvalue weighted by molar-refractivity contribution is -0.157.